The zero-order valence-corrected chi connectivity index (χ0v) is 14.0. The fraction of sp³-hybridized carbons (Fsp3) is 0.769. The molecule has 0 aromatic heterocycles. The first-order chi connectivity index (χ1) is 9.60. The highest BCUT2D eigenvalue weighted by Gasteiger charge is 2.33. The van der Waals surface area contributed by atoms with Gasteiger partial charge in [0.15, 0.2) is 0 Å². The lowest BCUT2D eigenvalue weighted by Gasteiger charge is -2.35. The minimum Gasteiger partial charge on any atom is -0.457 e. The van der Waals surface area contributed by atoms with Gasteiger partial charge in [-0.25, -0.2) is 4.79 Å². The molecule has 0 rings (SSSR count). The van der Waals surface area contributed by atoms with Gasteiger partial charge >= 0.3 is 16.4 Å². The van der Waals surface area contributed by atoms with Crippen LogP contribution in [0.4, 0.5) is 0 Å². The highest BCUT2D eigenvalue weighted by Crippen LogP contribution is 2.23. The van der Waals surface area contributed by atoms with Gasteiger partial charge < -0.3 is 10.5 Å². The molecule has 0 radical (unpaired) electrons. The third kappa shape index (κ3) is 10.4. The second-order valence-electron chi connectivity index (χ2n) is 4.45. The summed E-state index contributed by atoms with van der Waals surface area (Å²) in [5.41, 5.74) is 5.81. The zero-order valence-electron chi connectivity index (χ0n) is 13.2. The van der Waals surface area contributed by atoms with Gasteiger partial charge in [0.25, 0.3) is 0 Å². The van der Waals surface area contributed by atoms with E-state index in [0.717, 1.165) is 32.8 Å². The molecule has 8 heteroatoms. The van der Waals surface area contributed by atoms with Crippen LogP contribution >= 0.6 is 0 Å². The van der Waals surface area contributed by atoms with E-state index < -0.39 is 15.9 Å². The van der Waals surface area contributed by atoms with Crippen molar-refractivity contribution in [1.82, 2.24) is 0 Å². The molecular formula is C13H27NO6S. The summed E-state index contributed by atoms with van der Waals surface area (Å²) in [7, 11) is -3.29. The van der Waals surface area contributed by atoms with Crippen LogP contribution in [-0.4, -0.2) is 37.7 Å². The third-order valence-corrected chi connectivity index (χ3v) is 3.57. The summed E-state index contributed by atoms with van der Waals surface area (Å²) < 4.78 is 35.0. The normalized spacial score (nSPS) is 12.9. The molecule has 0 amide bonds. The SMILES string of the molecule is C=CC(=O)OC(CCC)C(N)(CC)CC.COS(=O)(=O)O. The quantitative estimate of drug-likeness (QED) is 0.397. The molecule has 7 nitrogen and oxygen atoms in total. The molecule has 0 fully saturated rings. The van der Waals surface area contributed by atoms with Crippen molar-refractivity contribution in [3.8, 4) is 0 Å². The average molecular weight is 325 g/mol. The Hall–Kier alpha value is -0.960. The van der Waals surface area contributed by atoms with Crippen molar-refractivity contribution in [1.29, 1.82) is 0 Å². The molecule has 0 aromatic rings. The zero-order chi connectivity index (χ0) is 17.1. The summed E-state index contributed by atoms with van der Waals surface area (Å²) >= 11 is 0. The van der Waals surface area contributed by atoms with Gasteiger partial charge in [-0.2, -0.15) is 8.42 Å². The first-order valence-corrected chi connectivity index (χ1v) is 8.11. The fourth-order valence-electron chi connectivity index (χ4n) is 1.62. The van der Waals surface area contributed by atoms with E-state index in [1.54, 1.807) is 0 Å². The lowest BCUT2D eigenvalue weighted by Crippen LogP contribution is -2.51. The van der Waals surface area contributed by atoms with Gasteiger partial charge in [0.2, 0.25) is 0 Å². The maximum absolute atomic E-state index is 11.2. The largest absolute Gasteiger partial charge is 0.457 e. The maximum Gasteiger partial charge on any atom is 0.397 e. The van der Waals surface area contributed by atoms with Gasteiger partial charge in [-0.3, -0.25) is 8.74 Å². The van der Waals surface area contributed by atoms with Crippen molar-refractivity contribution >= 4 is 16.4 Å². The molecule has 21 heavy (non-hydrogen) atoms. The van der Waals surface area contributed by atoms with E-state index in [-0.39, 0.29) is 12.1 Å². The molecule has 1 atom stereocenters. The van der Waals surface area contributed by atoms with Crippen molar-refractivity contribution in [2.45, 2.75) is 58.1 Å². The van der Waals surface area contributed by atoms with Crippen LogP contribution in [0.25, 0.3) is 0 Å². The molecule has 3 N–H and O–H groups in total. The lowest BCUT2D eigenvalue weighted by molar-refractivity contribution is -0.147. The van der Waals surface area contributed by atoms with Gasteiger partial charge in [-0.1, -0.05) is 33.8 Å². The molecule has 0 spiro atoms. The van der Waals surface area contributed by atoms with Crippen molar-refractivity contribution in [2.24, 2.45) is 5.73 Å². The van der Waals surface area contributed by atoms with Crippen LogP contribution in [0.15, 0.2) is 12.7 Å². The Morgan fingerprint density at radius 2 is 1.81 bits per heavy atom. The first kappa shape index (κ1) is 22.3. The second-order valence-corrected chi connectivity index (χ2v) is 5.64. The van der Waals surface area contributed by atoms with Crippen LogP contribution in [0.5, 0.6) is 0 Å². The average Bonchev–Trinajstić information content (AvgIpc) is 2.45. The van der Waals surface area contributed by atoms with Crippen LogP contribution in [0.1, 0.15) is 46.5 Å². The van der Waals surface area contributed by atoms with Gasteiger partial charge in [-0.05, 0) is 19.3 Å². The molecule has 0 aliphatic rings. The Morgan fingerprint density at radius 3 is 2.05 bits per heavy atom. The van der Waals surface area contributed by atoms with Crippen LogP contribution in [-0.2, 0) is 24.1 Å². The summed E-state index contributed by atoms with van der Waals surface area (Å²) in [5, 5.41) is 0. The van der Waals surface area contributed by atoms with Crippen molar-refractivity contribution in [3.05, 3.63) is 12.7 Å². The Labute approximate surface area is 127 Å². The summed E-state index contributed by atoms with van der Waals surface area (Å²) in [6.07, 6.45) is 4.35. The molecule has 0 saturated carbocycles. The van der Waals surface area contributed by atoms with Crippen LogP contribution in [0.2, 0.25) is 0 Å². The summed E-state index contributed by atoms with van der Waals surface area (Å²) in [4.78, 5) is 11.2. The van der Waals surface area contributed by atoms with Gasteiger partial charge in [-0.15, -0.1) is 0 Å². The van der Waals surface area contributed by atoms with Gasteiger partial charge in [0.1, 0.15) is 6.10 Å². The Kier molecular flexibility index (Phi) is 11.4. The Balaban J connectivity index is 0. The molecule has 0 aromatic carbocycles. The maximum atomic E-state index is 11.2. The predicted octanol–water partition coefficient (Wildman–Crippen LogP) is 1.84. The standard InChI is InChI=1S/C12H23NO2.CH4O4S/c1-5-9-10(15-11(14)6-2)12(13,7-3)8-4;1-5-6(2,3)4/h6,10H,2,5,7-9,13H2,1,3-4H3;1H3,(H,2,3,4). The van der Waals surface area contributed by atoms with E-state index in [4.69, 9.17) is 15.0 Å². The Bertz CT molecular complexity index is 403. The van der Waals surface area contributed by atoms with Gasteiger partial charge in [0.05, 0.1) is 12.6 Å². The summed E-state index contributed by atoms with van der Waals surface area (Å²) in [5.74, 6) is -0.384. The highest BCUT2D eigenvalue weighted by atomic mass is 32.3. The van der Waals surface area contributed by atoms with Crippen molar-refractivity contribution < 1.29 is 26.7 Å². The number of hydrogen-bond donors (Lipinski definition) is 2. The number of rotatable bonds is 8. The predicted molar refractivity (Wildman–Crippen MR) is 81.0 cm³/mol. The lowest BCUT2D eigenvalue weighted by atomic mass is 9.85. The number of esters is 1. The molecule has 1 unspecified atom stereocenters. The minimum atomic E-state index is -4.16. The number of nitrogens with two attached hydrogens (primary N) is 1. The molecule has 0 aliphatic heterocycles. The number of carbonyl (C=O) groups is 1. The Morgan fingerprint density at radius 1 is 1.38 bits per heavy atom. The molecule has 126 valence electrons. The topological polar surface area (TPSA) is 116 Å². The second kappa shape index (κ2) is 10.7. The van der Waals surface area contributed by atoms with Crippen LogP contribution in [0, 0.1) is 0 Å². The number of ether oxygens (including phenoxy) is 1. The highest BCUT2D eigenvalue weighted by molar-refractivity contribution is 7.80. The minimum absolute atomic E-state index is 0.206. The van der Waals surface area contributed by atoms with Gasteiger partial charge in [0, 0.05) is 6.08 Å². The summed E-state index contributed by atoms with van der Waals surface area (Å²) in [6, 6.07) is 0. The smallest absolute Gasteiger partial charge is 0.397 e. The van der Waals surface area contributed by atoms with E-state index in [1.165, 1.54) is 6.08 Å². The monoisotopic (exact) mass is 325 g/mol. The van der Waals surface area contributed by atoms with Crippen molar-refractivity contribution in [3.63, 3.8) is 0 Å². The van der Waals surface area contributed by atoms with E-state index in [0.29, 0.717) is 0 Å². The molecular weight excluding hydrogens is 298 g/mol. The van der Waals surface area contributed by atoms with E-state index in [9.17, 15) is 13.2 Å². The fourth-order valence-corrected chi connectivity index (χ4v) is 1.62. The van der Waals surface area contributed by atoms with E-state index >= 15 is 0 Å². The van der Waals surface area contributed by atoms with Crippen LogP contribution < -0.4 is 5.73 Å². The number of carbonyl (C=O) groups excluding carboxylic acids is 1. The number of hydrogen-bond acceptors (Lipinski definition) is 6. The van der Waals surface area contributed by atoms with Crippen molar-refractivity contribution in [2.75, 3.05) is 7.11 Å². The van der Waals surface area contributed by atoms with Crippen LogP contribution in [0.3, 0.4) is 0 Å². The summed E-state index contributed by atoms with van der Waals surface area (Å²) in [6.45, 7) is 9.49. The molecule has 0 saturated heterocycles. The van der Waals surface area contributed by atoms with E-state index in [1.807, 2.05) is 13.8 Å². The third-order valence-electron chi connectivity index (χ3n) is 3.14. The molecule has 0 heterocycles. The molecule has 0 bridgehead atoms. The first-order valence-electron chi connectivity index (χ1n) is 6.75. The molecule has 0 aliphatic carbocycles. The van der Waals surface area contributed by atoms with E-state index in [2.05, 4.69) is 17.7 Å².